The Hall–Kier alpha value is -4.38. The molecule has 1 heterocycles. The molecular formula is C32H30N2O3. The zero-order chi connectivity index (χ0) is 25.6. The summed E-state index contributed by atoms with van der Waals surface area (Å²) in [5.41, 5.74) is 4.74. The van der Waals surface area contributed by atoms with E-state index in [1.165, 1.54) is 5.56 Å². The maximum Gasteiger partial charge on any atom is 0.267 e. The molecule has 4 aromatic carbocycles. The first-order chi connectivity index (χ1) is 18.1. The summed E-state index contributed by atoms with van der Waals surface area (Å²) in [6, 6.07) is 35.8. The number of carbonyl (C=O) groups is 2. The Balaban J connectivity index is 1.32. The molecule has 0 fully saturated rings. The van der Waals surface area contributed by atoms with E-state index < -0.39 is 6.10 Å². The molecule has 0 saturated carbocycles. The highest BCUT2D eigenvalue weighted by Crippen LogP contribution is 2.37. The van der Waals surface area contributed by atoms with Crippen molar-refractivity contribution in [2.45, 2.75) is 31.8 Å². The van der Waals surface area contributed by atoms with Gasteiger partial charge in [-0.1, -0.05) is 91.0 Å². The number of nitrogens with zero attached hydrogens (tertiary/aromatic N) is 1. The largest absolute Gasteiger partial charge is 0.479 e. The van der Waals surface area contributed by atoms with Gasteiger partial charge in [-0.15, -0.1) is 0 Å². The van der Waals surface area contributed by atoms with Crippen LogP contribution in [-0.2, 0) is 16.0 Å². The fraction of sp³-hybridized carbons (Fsp3) is 0.188. The predicted octanol–water partition coefficient (Wildman–Crippen LogP) is 6.20. The molecule has 2 amide bonds. The third-order valence-corrected chi connectivity index (χ3v) is 6.71. The minimum atomic E-state index is -0.588. The Morgan fingerprint density at radius 1 is 0.865 bits per heavy atom. The Kier molecular flexibility index (Phi) is 7.31. The summed E-state index contributed by atoms with van der Waals surface area (Å²) in [6.45, 7) is 2.32. The molecule has 0 aromatic heterocycles. The first kappa shape index (κ1) is 24.3. The summed E-state index contributed by atoms with van der Waals surface area (Å²) in [7, 11) is 0. The number of amides is 2. The second-order valence-electron chi connectivity index (χ2n) is 9.29. The number of carbonyl (C=O) groups excluding carboxylic acids is 2. The third-order valence-electron chi connectivity index (χ3n) is 6.71. The molecule has 0 spiro atoms. The van der Waals surface area contributed by atoms with Gasteiger partial charge in [0.25, 0.3) is 5.91 Å². The van der Waals surface area contributed by atoms with Gasteiger partial charge in [-0.3, -0.25) is 9.59 Å². The molecule has 186 valence electrons. The summed E-state index contributed by atoms with van der Waals surface area (Å²) in [5.74, 6) is 0.398. The van der Waals surface area contributed by atoms with Crippen molar-refractivity contribution in [2.24, 2.45) is 0 Å². The van der Waals surface area contributed by atoms with Crippen LogP contribution in [0.4, 0.5) is 11.4 Å². The van der Waals surface area contributed by atoms with Gasteiger partial charge in [-0.25, -0.2) is 0 Å². The molecule has 37 heavy (non-hydrogen) atoms. The Morgan fingerprint density at radius 3 is 2.08 bits per heavy atom. The van der Waals surface area contributed by atoms with Crippen molar-refractivity contribution in [1.29, 1.82) is 0 Å². The summed E-state index contributed by atoms with van der Waals surface area (Å²) in [6.07, 6.45) is 0.469. The normalized spacial score (nSPS) is 14.7. The highest BCUT2D eigenvalue weighted by Gasteiger charge is 2.31. The standard InChI is InChI=1S/C32H30N2O3/c1-23-32(36)34(20-19-24-11-5-2-6-12-24)29-18-17-27(21-30(29)37-23)33-31(35)22-28(25-13-7-3-8-14-25)26-15-9-4-10-16-26/h2-18,21,23,28H,19-20,22H2,1H3,(H,33,35). The fourth-order valence-corrected chi connectivity index (χ4v) is 4.80. The lowest BCUT2D eigenvalue weighted by Gasteiger charge is -2.33. The van der Waals surface area contributed by atoms with Gasteiger partial charge in [-0.05, 0) is 42.2 Å². The van der Waals surface area contributed by atoms with Crippen LogP contribution < -0.4 is 15.0 Å². The number of benzene rings is 4. The van der Waals surface area contributed by atoms with Crippen LogP contribution >= 0.6 is 0 Å². The topological polar surface area (TPSA) is 58.6 Å². The highest BCUT2D eigenvalue weighted by atomic mass is 16.5. The van der Waals surface area contributed by atoms with Gasteiger partial charge in [0.2, 0.25) is 5.91 Å². The monoisotopic (exact) mass is 490 g/mol. The first-order valence-electron chi connectivity index (χ1n) is 12.6. The number of nitrogens with one attached hydrogen (secondary N) is 1. The maximum absolute atomic E-state index is 13.2. The molecule has 1 unspecified atom stereocenters. The predicted molar refractivity (Wildman–Crippen MR) is 147 cm³/mol. The molecule has 0 saturated heterocycles. The van der Waals surface area contributed by atoms with Gasteiger partial charge in [0.15, 0.2) is 6.10 Å². The molecule has 5 rings (SSSR count). The quantitative estimate of drug-likeness (QED) is 0.320. The molecule has 1 atom stereocenters. The van der Waals surface area contributed by atoms with Gasteiger partial charge in [0.1, 0.15) is 5.75 Å². The van der Waals surface area contributed by atoms with Crippen LogP contribution in [0.2, 0.25) is 0 Å². The van der Waals surface area contributed by atoms with Crippen molar-refractivity contribution in [2.75, 3.05) is 16.8 Å². The Morgan fingerprint density at radius 2 is 1.46 bits per heavy atom. The molecule has 5 nitrogen and oxygen atoms in total. The third kappa shape index (κ3) is 5.72. The van der Waals surface area contributed by atoms with Crippen molar-refractivity contribution in [1.82, 2.24) is 0 Å². The second-order valence-corrected chi connectivity index (χ2v) is 9.29. The van der Waals surface area contributed by atoms with Crippen molar-refractivity contribution in [3.8, 4) is 5.75 Å². The van der Waals surface area contributed by atoms with Crippen LogP contribution in [0.1, 0.15) is 36.0 Å². The van der Waals surface area contributed by atoms with Crippen LogP contribution in [0.25, 0.3) is 0 Å². The number of ether oxygens (including phenoxy) is 1. The van der Waals surface area contributed by atoms with Crippen molar-refractivity contribution in [3.05, 3.63) is 126 Å². The molecule has 5 heteroatoms. The van der Waals surface area contributed by atoms with E-state index >= 15 is 0 Å². The average molecular weight is 491 g/mol. The molecule has 0 aliphatic carbocycles. The zero-order valence-electron chi connectivity index (χ0n) is 20.8. The van der Waals surface area contributed by atoms with Gasteiger partial charge in [0.05, 0.1) is 5.69 Å². The Bertz CT molecular complexity index is 1320. The van der Waals surface area contributed by atoms with Gasteiger partial charge in [-0.2, -0.15) is 0 Å². The highest BCUT2D eigenvalue weighted by molar-refractivity contribution is 6.00. The van der Waals surface area contributed by atoms with Crippen LogP contribution in [0.3, 0.4) is 0 Å². The van der Waals surface area contributed by atoms with E-state index in [1.54, 1.807) is 11.8 Å². The van der Waals surface area contributed by atoms with Crippen molar-refractivity contribution in [3.63, 3.8) is 0 Å². The lowest BCUT2D eigenvalue weighted by molar-refractivity contribution is -0.125. The second kappa shape index (κ2) is 11.1. The van der Waals surface area contributed by atoms with Crippen LogP contribution in [-0.4, -0.2) is 24.5 Å². The fourth-order valence-electron chi connectivity index (χ4n) is 4.80. The molecule has 1 aliphatic heterocycles. The summed E-state index contributed by atoms with van der Waals surface area (Å²) >= 11 is 0. The molecule has 1 N–H and O–H groups in total. The van der Waals surface area contributed by atoms with Crippen LogP contribution in [0.15, 0.2) is 109 Å². The molecule has 0 radical (unpaired) electrons. The van der Waals surface area contributed by atoms with Crippen molar-refractivity contribution < 1.29 is 14.3 Å². The van der Waals surface area contributed by atoms with E-state index in [9.17, 15) is 9.59 Å². The number of hydrogen-bond acceptors (Lipinski definition) is 3. The molecule has 4 aromatic rings. The number of anilines is 2. The minimum Gasteiger partial charge on any atom is -0.479 e. The summed E-state index contributed by atoms with van der Waals surface area (Å²) in [5, 5.41) is 3.04. The lowest BCUT2D eigenvalue weighted by Crippen LogP contribution is -2.45. The van der Waals surface area contributed by atoms with E-state index in [2.05, 4.69) is 41.7 Å². The molecule has 1 aliphatic rings. The minimum absolute atomic E-state index is 0.0533. The number of fused-ring (bicyclic) bond motifs is 1. The van der Waals surface area contributed by atoms with Crippen LogP contribution in [0.5, 0.6) is 5.75 Å². The van der Waals surface area contributed by atoms with E-state index in [-0.39, 0.29) is 17.7 Å². The molecule has 0 bridgehead atoms. The maximum atomic E-state index is 13.2. The van der Waals surface area contributed by atoms with E-state index in [0.717, 1.165) is 23.2 Å². The summed E-state index contributed by atoms with van der Waals surface area (Å²) < 4.78 is 5.93. The summed E-state index contributed by atoms with van der Waals surface area (Å²) in [4.78, 5) is 27.8. The van der Waals surface area contributed by atoms with Gasteiger partial charge in [0, 0.05) is 30.6 Å². The smallest absolute Gasteiger partial charge is 0.267 e. The van der Waals surface area contributed by atoms with Gasteiger partial charge >= 0.3 is 0 Å². The van der Waals surface area contributed by atoms with E-state index in [4.69, 9.17) is 4.74 Å². The Labute approximate surface area is 217 Å². The van der Waals surface area contributed by atoms with Crippen LogP contribution in [0, 0.1) is 0 Å². The van der Waals surface area contributed by atoms with Gasteiger partial charge < -0.3 is 15.0 Å². The van der Waals surface area contributed by atoms with E-state index in [1.807, 2.05) is 72.8 Å². The first-order valence-corrected chi connectivity index (χ1v) is 12.6. The van der Waals surface area contributed by atoms with E-state index in [0.29, 0.717) is 24.4 Å². The average Bonchev–Trinajstić information content (AvgIpc) is 2.93. The molecular weight excluding hydrogens is 460 g/mol. The number of rotatable bonds is 8. The zero-order valence-corrected chi connectivity index (χ0v) is 20.8. The number of hydrogen-bond donors (Lipinski definition) is 1. The lowest BCUT2D eigenvalue weighted by atomic mass is 9.88. The van der Waals surface area contributed by atoms with Crippen molar-refractivity contribution >= 4 is 23.2 Å². The SMILES string of the molecule is CC1Oc2cc(NC(=O)CC(c3ccccc3)c3ccccc3)ccc2N(CCc2ccccc2)C1=O.